The van der Waals surface area contributed by atoms with Crippen LogP contribution in [0.15, 0.2) is 71.9 Å². The number of sulfonamides is 1. The Kier molecular flexibility index (Phi) is 5.97. The predicted octanol–water partition coefficient (Wildman–Crippen LogP) is 4.27. The number of hydrogen-bond acceptors (Lipinski definition) is 7. The van der Waals surface area contributed by atoms with Crippen LogP contribution in [0.2, 0.25) is 0 Å². The number of carbonyl (C=O) groups is 1. The van der Waals surface area contributed by atoms with Crippen molar-refractivity contribution in [3.05, 3.63) is 83.1 Å². The first-order valence-corrected chi connectivity index (χ1v) is 11.9. The Morgan fingerprint density at radius 3 is 2.19 bits per heavy atom. The van der Waals surface area contributed by atoms with Gasteiger partial charge in [-0.2, -0.15) is 0 Å². The van der Waals surface area contributed by atoms with Crippen LogP contribution >= 0.6 is 11.3 Å². The molecule has 0 aliphatic carbocycles. The molecule has 0 atom stereocenters. The van der Waals surface area contributed by atoms with Gasteiger partial charge in [0.1, 0.15) is 4.88 Å². The summed E-state index contributed by atoms with van der Waals surface area (Å²) in [6.07, 6.45) is 3.24. The highest BCUT2D eigenvalue weighted by atomic mass is 32.2. The van der Waals surface area contributed by atoms with Crippen molar-refractivity contribution in [2.24, 2.45) is 0 Å². The maximum atomic E-state index is 12.7. The number of nitrogens with one attached hydrogen (secondary N) is 2. The summed E-state index contributed by atoms with van der Waals surface area (Å²) in [7, 11) is -3.69. The molecule has 10 heteroatoms. The second-order valence-electron chi connectivity index (χ2n) is 6.96. The fourth-order valence-corrected chi connectivity index (χ4v) is 4.82. The van der Waals surface area contributed by atoms with Crippen molar-refractivity contribution in [3.8, 4) is 10.8 Å². The minimum absolute atomic E-state index is 0.180. The summed E-state index contributed by atoms with van der Waals surface area (Å²) in [4.78, 5) is 26.1. The smallest absolute Gasteiger partial charge is 0.267 e. The van der Waals surface area contributed by atoms with Crippen LogP contribution in [0.5, 0.6) is 0 Å². The first-order chi connectivity index (χ1) is 15.3. The second kappa shape index (κ2) is 8.85. The van der Waals surface area contributed by atoms with E-state index >= 15 is 0 Å². The normalized spacial score (nSPS) is 11.2. The van der Waals surface area contributed by atoms with Crippen molar-refractivity contribution >= 4 is 38.6 Å². The quantitative estimate of drug-likeness (QED) is 0.440. The Morgan fingerprint density at radius 1 is 0.906 bits per heavy atom. The molecule has 32 heavy (non-hydrogen) atoms. The topological polar surface area (TPSA) is 114 Å². The zero-order chi connectivity index (χ0) is 22.7. The molecular formula is C22H19N5O3S2. The van der Waals surface area contributed by atoms with Gasteiger partial charge >= 0.3 is 0 Å². The summed E-state index contributed by atoms with van der Waals surface area (Å²) in [6.45, 7) is 3.64. The number of hydrogen-bond donors (Lipinski definition) is 2. The number of thiazole rings is 1. The van der Waals surface area contributed by atoms with E-state index in [4.69, 9.17) is 0 Å². The SMILES string of the molecule is Cc1ccc(S(=O)(=O)Nc2ccc(NC(=O)c3sc(-c4ncccn4)nc3C)cc2)cc1. The zero-order valence-corrected chi connectivity index (χ0v) is 18.9. The van der Waals surface area contributed by atoms with Gasteiger partial charge < -0.3 is 5.32 Å². The number of aromatic nitrogens is 3. The third kappa shape index (κ3) is 4.82. The molecule has 2 N–H and O–H groups in total. The highest BCUT2D eigenvalue weighted by Crippen LogP contribution is 2.26. The number of nitrogens with zero attached hydrogens (tertiary/aromatic N) is 3. The first kappa shape index (κ1) is 21.6. The largest absolute Gasteiger partial charge is 0.321 e. The third-order valence-electron chi connectivity index (χ3n) is 4.49. The van der Waals surface area contributed by atoms with Gasteiger partial charge in [-0.3, -0.25) is 9.52 Å². The van der Waals surface area contributed by atoms with Gasteiger partial charge in [0.25, 0.3) is 15.9 Å². The lowest BCUT2D eigenvalue weighted by molar-refractivity contribution is 0.103. The van der Waals surface area contributed by atoms with Crippen LogP contribution in [0.1, 0.15) is 20.9 Å². The average Bonchev–Trinajstić information content (AvgIpc) is 3.18. The van der Waals surface area contributed by atoms with Crippen LogP contribution in [0.3, 0.4) is 0 Å². The van der Waals surface area contributed by atoms with Gasteiger partial charge in [0.15, 0.2) is 10.8 Å². The average molecular weight is 466 g/mol. The monoisotopic (exact) mass is 465 g/mol. The summed E-state index contributed by atoms with van der Waals surface area (Å²) in [6, 6.07) is 14.7. The molecule has 0 unspecified atom stereocenters. The molecule has 4 rings (SSSR count). The first-order valence-electron chi connectivity index (χ1n) is 9.57. The lowest BCUT2D eigenvalue weighted by Crippen LogP contribution is -2.13. The molecule has 0 saturated heterocycles. The molecule has 162 valence electrons. The van der Waals surface area contributed by atoms with Crippen LogP contribution in [0, 0.1) is 13.8 Å². The van der Waals surface area contributed by atoms with Gasteiger partial charge in [-0.1, -0.05) is 17.7 Å². The molecule has 0 saturated carbocycles. The van der Waals surface area contributed by atoms with Gasteiger partial charge in [0, 0.05) is 23.8 Å². The van der Waals surface area contributed by atoms with Crippen molar-refractivity contribution in [1.82, 2.24) is 15.0 Å². The maximum Gasteiger partial charge on any atom is 0.267 e. The molecule has 2 aromatic heterocycles. The Hall–Kier alpha value is -3.63. The highest BCUT2D eigenvalue weighted by Gasteiger charge is 2.18. The fourth-order valence-electron chi connectivity index (χ4n) is 2.85. The van der Waals surface area contributed by atoms with Crippen LogP contribution in [0.4, 0.5) is 11.4 Å². The molecule has 8 nitrogen and oxygen atoms in total. The molecular weight excluding hydrogens is 446 g/mol. The zero-order valence-electron chi connectivity index (χ0n) is 17.2. The van der Waals surface area contributed by atoms with E-state index in [0.717, 1.165) is 5.56 Å². The van der Waals surface area contributed by atoms with E-state index in [1.54, 1.807) is 73.9 Å². The molecule has 1 amide bonds. The molecule has 4 aromatic rings. The molecule has 2 aromatic carbocycles. The van der Waals surface area contributed by atoms with Crippen molar-refractivity contribution < 1.29 is 13.2 Å². The molecule has 0 bridgehead atoms. The minimum atomic E-state index is -3.69. The maximum absolute atomic E-state index is 12.7. The number of benzene rings is 2. The molecule has 0 radical (unpaired) electrons. The van der Waals surface area contributed by atoms with Gasteiger partial charge in [-0.05, 0) is 56.3 Å². The predicted molar refractivity (Wildman–Crippen MR) is 124 cm³/mol. The Balaban J connectivity index is 1.45. The van der Waals surface area contributed by atoms with E-state index in [1.807, 2.05) is 6.92 Å². The van der Waals surface area contributed by atoms with Gasteiger partial charge in [0.2, 0.25) is 0 Å². The summed E-state index contributed by atoms with van der Waals surface area (Å²) in [5, 5.41) is 3.37. The summed E-state index contributed by atoms with van der Waals surface area (Å²) in [5.74, 6) is 0.153. The van der Waals surface area contributed by atoms with E-state index < -0.39 is 10.0 Å². The molecule has 0 aliphatic heterocycles. The van der Waals surface area contributed by atoms with Gasteiger partial charge in [-0.15, -0.1) is 11.3 Å². The molecule has 0 spiro atoms. The minimum Gasteiger partial charge on any atom is -0.321 e. The Labute approximate surface area is 189 Å². The van der Waals surface area contributed by atoms with E-state index in [9.17, 15) is 13.2 Å². The number of anilines is 2. The number of rotatable bonds is 6. The Bertz CT molecular complexity index is 1350. The van der Waals surface area contributed by atoms with Crippen LogP contribution < -0.4 is 10.0 Å². The summed E-state index contributed by atoms with van der Waals surface area (Å²) < 4.78 is 27.6. The van der Waals surface area contributed by atoms with Crippen molar-refractivity contribution in [2.75, 3.05) is 10.0 Å². The number of aryl methyl sites for hydroxylation is 2. The Morgan fingerprint density at radius 2 is 1.53 bits per heavy atom. The van der Waals surface area contributed by atoms with Crippen molar-refractivity contribution in [1.29, 1.82) is 0 Å². The van der Waals surface area contributed by atoms with Crippen molar-refractivity contribution in [2.45, 2.75) is 18.7 Å². The highest BCUT2D eigenvalue weighted by molar-refractivity contribution is 7.92. The molecule has 0 aliphatic rings. The van der Waals surface area contributed by atoms with Gasteiger partial charge in [-0.25, -0.2) is 23.4 Å². The van der Waals surface area contributed by atoms with Crippen molar-refractivity contribution in [3.63, 3.8) is 0 Å². The second-order valence-corrected chi connectivity index (χ2v) is 9.64. The van der Waals surface area contributed by atoms with Crippen LogP contribution in [-0.2, 0) is 10.0 Å². The van der Waals surface area contributed by atoms with E-state index in [0.29, 0.717) is 32.8 Å². The lowest BCUT2D eigenvalue weighted by atomic mass is 10.2. The summed E-state index contributed by atoms with van der Waals surface area (Å²) in [5.41, 5.74) is 2.47. The fraction of sp³-hybridized carbons (Fsp3) is 0.0909. The lowest BCUT2D eigenvalue weighted by Gasteiger charge is -2.10. The van der Waals surface area contributed by atoms with Gasteiger partial charge in [0.05, 0.1) is 10.6 Å². The molecule has 0 fully saturated rings. The number of amides is 1. The van der Waals surface area contributed by atoms with Crippen LogP contribution in [0.25, 0.3) is 10.8 Å². The number of carbonyl (C=O) groups excluding carboxylic acids is 1. The summed E-state index contributed by atoms with van der Waals surface area (Å²) >= 11 is 1.21. The standard InChI is InChI=1S/C22H19N5O3S2/c1-14-4-10-18(11-5-14)32(29,30)27-17-8-6-16(7-9-17)26-21(28)19-15(2)25-22(31-19)20-23-12-3-13-24-20/h3-13,27H,1-2H3,(H,26,28). The van der Waals surface area contributed by atoms with E-state index in [2.05, 4.69) is 25.0 Å². The van der Waals surface area contributed by atoms with E-state index in [1.165, 1.54) is 11.3 Å². The third-order valence-corrected chi connectivity index (χ3v) is 7.04. The van der Waals surface area contributed by atoms with E-state index in [-0.39, 0.29) is 10.8 Å². The van der Waals surface area contributed by atoms with Crippen LogP contribution in [-0.4, -0.2) is 29.3 Å². The molecule has 2 heterocycles.